The summed E-state index contributed by atoms with van der Waals surface area (Å²) in [5, 5.41) is 5.14. The van der Waals surface area contributed by atoms with Gasteiger partial charge >= 0.3 is 0 Å². The molecule has 0 N–H and O–H groups in total. The molecule has 0 saturated carbocycles. The molecule has 0 spiro atoms. The zero-order valence-corrected chi connectivity index (χ0v) is 29.3. The van der Waals surface area contributed by atoms with E-state index in [1.807, 2.05) is 41.8 Å². The quantitative estimate of drug-likeness (QED) is 0.180. The lowest BCUT2D eigenvalue weighted by Crippen LogP contribution is -1.99. The van der Waals surface area contributed by atoms with E-state index in [-0.39, 0.29) is 0 Å². The number of fused-ring (bicyclic) bond motifs is 7. The Morgan fingerprint density at radius 1 is 0.434 bits per heavy atom. The minimum atomic E-state index is 0.907. The van der Waals surface area contributed by atoms with Crippen LogP contribution in [-0.2, 0) is 0 Å². The van der Waals surface area contributed by atoms with E-state index in [1.165, 1.54) is 53.1 Å². The summed E-state index contributed by atoms with van der Waals surface area (Å²) < 4.78 is 7.32. The van der Waals surface area contributed by atoms with Crippen molar-refractivity contribution in [2.45, 2.75) is 0 Å². The molecule has 5 heteroatoms. The van der Waals surface area contributed by atoms with Crippen LogP contribution in [0, 0.1) is 0 Å². The maximum absolute atomic E-state index is 5.12. The fourth-order valence-corrected chi connectivity index (χ4v) is 9.19. The highest BCUT2D eigenvalue weighted by Gasteiger charge is 2.18. The van der Waals surface area contributed by atoms with Crippen molar-refractivity contribution in [2.24, 2.45) is 0 Å². The Hall–Kier alpha value is -6.82. The van der Waals surface area contributed by atoms with Gasteiger partial charge in [-0.1, -0.05) is 103 Å². The van der Waals surface area contributed by atoms with E-state index in [1.54, 1.807) is 0 Å². The molecule has 0 radical (unpaired) electrons. The molecule has 0 atom stereocenters. The minimum Gasteiger partial charge on any atom is -0.309 e. The van der Waals surface area contributed by atoms with E-state index >= 15 is 0 Å². The summed E-state index contributed by atoms with van der Waals surface area (Å²) in [7, 11) is 0. The lowest BCUT2D eigenvalue weighted by atomic mass is 10.0. The molecule has 0 amide bonds. The predicted molar refractivity (Wildman–Crippen MR) is 222 cm³/mol. The number of aromatic nitrogens is 4. The average molecular weight is 695 g/mol. The standard InChI is InChI=1S/C48H30N4S/c1-4-16-43-37(10-1)40-30-33(36-12-9-13-39-38-11-2-6-18-46(38)53-47(36)39)23-28-44(40)51(43)34-24-26-35(27-25-34)52-45-17-5-3-15-42(45)50-48(52)32-21-19-31(20-22-32)41-14-7-8-29-49-41/h1-30H. The molecule has 11 aromatic rings. The van der Waals surface area contributed by atoms with Gasteiger partial charge in [-0.3, -0.25) is 9.55 Å². The van der Waals surface area contributed by atoms with Crippen molar-refractivity contribution in [1.29, 1.82) is 0 Å². The number of para-hydroxylation sites is 3. The molecule has 0 bridgehead atoms. The van der Waals surface area contributed by atoms with Crippen LogP contribution in [-0.4, -0.2) is 19.1 Å². The van der Waals surface area contributed by atoms with Gasteiger partial charge in [-0.2, -0.15) is 0 Å². The third-order valence-corrected chi connectivity index (χ3v) is 11.6. The highest BCUT2D eigenvalue weighted by Crippen LogP contribution is 2.42. The van der Waals surface area contributed by atoms with Gasteiger partial charge in [0.15, 0.2) is 0 Å². The Labute approximate surface area is 309 Å². The molecule has 0 aliphatic heterocycles. The van der Waals surface area contributed by atoms with Gasteiger partial charge in [-0.25, -0.2) is 4.98 Å². The molecule has 0 fully saturated rings. The third kappa shape index (κ3) is 4.75. The van der Waals surface area contributed by atoms with Crippen LogP contribution < -0.4 is 0 Å². The summed E-state index contributed by atoms with van der Waals surface area (Å²) in [6.07, 6.45) is 1.83. The lowest BCUT2D eigenvalue weighted by Gasteiger charge is -2.13. The summed E-state index contributed by atoms with van der Waals surface area (Å²) in [6, 6.07) is 62.9. The third-order valence-electron chi connectivity index (χ3n) is 10.4. The maximum Gasteiger partial charge on any atom is 0.145 e. The number of thiophene rings is 1. The van der Waals surface area contributed by atoms with Gasteiger partial charge in [0.1, 0.15) is 5.82 Å². The van der Waals surface area contributed by atoms with Crippen LogP contribution in [0.3, 0.4) is 0 Å². The molecular weight excluding hydrogens is 665 g/mol. The van der Waals surface area contributed by atoms with Gasteiger partial charge in [0.05, 0.1) is 27.8 Å². The van der Waals surface area contributed by atoms with Crippen molar-refractivity contribution in [3.05, 3.63) is 182 Å². The number of hydrogen-bond acceptors (Lipinski definition) is 3. The van der Waals surface area contributed by atoms with E-state index in [2.05, 4.69) is 166 Å². The van der Waals surface area contributed by atoms with E-state index in [0.717, 1.165) is 45.1 Å². The van der Waals surface area contributed by atoms with Crippen molar-refractivity contribution in [1.82, 2.24) is 19.1 Å². The Bertz CT molecular complexity index is 3150. The lowest BCUT2D eigenvalue weighted by molar-refractivity contribution is 1.09. The second kappa shape index (κ2) is 11.9. The van der Waals surface area contributed by atoms with Crippen LogP contribution in [0.5, 0.6) is 0 Å². The number of pyridine rings is 1. The molecule has 7 aromatic carbocycles. The van der Waals surface area contributed by atoms with Crippen LogP contribution in [0.2, 0.25) is 0 Å². The van der Waals surface area contributed by atoms with Gasteiger partial charge in [-0.15, -0.1) is 11.3 Å². The van der Waals surface area contributed by atoms with Crippen molar-refractivity contribution in [3.63, 3.8) is 0 Å². The SMILES string of the molecule is c1ccc(-c2ccc(-c3nc4ccccc4n3-c3ccc(-n4c5ccccc5c5cc(-c6cccc7c6sc6ccccc67)ccc54)cc3)cc2)nc1. The van der Waals surface area contributed by atoms with Gasteiger partial charge in [0, 0.05) is 59.6 Å². The molecule has 0 saturated heterocycles. The zero-order chi connectivity index (χ0) is 34.9. The van der Waals surface area contributed by atoms with Crippen molar-refractivity contribution >= 4 is 64.3 Å². The van der Waals surface area contributed by atoms with Crippen LogP contribution >= 0.6 is 11.3 Å². The van der Waals surface area contributed by atoms with Gasteiger partial charge in [0.25, 0.3) is 0 Å². The Morgan fingerprint density at radius 3 is 1.92 bits per heavy atom. The fraction of sp³-hybridized carbons (Fsp3) is 0. The first-order valence-electron chi connectivity index (χ1n) is 17.8. The molecule has 0 unspecified atom stereocenters. The molecule has 0 aliphatic rings. The van der Waals surface area contributed by atoms with Gasteiger partial charge in [-0.05, 0) is 83.9 Å². The number of imidazole rings is 1. The second-order valence-electron chi connectivity index (χ2n) is 13.4. The monoisotopic (exact) mass is 694 g/mol. The Balaban J connectivity index is 1.02. The van der Waals surface area contributed by atoms with Crippen LogP contribution in [0.25, 0.3) is 98.2 Å². The van der Waals surface area contributed by atoms with E-state index < -0.39 is 0 Å². The van der Waals surface area contributed by atoms with Crippen molar-refractivity contribution in [2.75, 3.05) is 0 Å². The number of benzene rings is 7. The van der Waals surface area contributed by atoms with E-state index in [0.29, 0.717) is 0 Å². The first-order chi connectivity index (χ1) is 26.3. The molecular formula is C48H30N4S. The number of rotatable bonds is 5. The Morgan fingerprint density at radius 2 is 1.09 bits per heavy atom. The van der Waals surface area contributed by atoms with Crippen LogP contribution in [0.4, 0.5) is 0 Å². The maximum atomic E-state index is 5.12. The Kier molecular flexibility index (Phi) is 6.69. The van der Waals surface area contributed by atoms with E-state index in [9.17, 15) is 0 Å². The van der Waals surface area contributed by atoms with E-state index in [4.69, 9.17) is 4.98 Å². The van der Waals surface area contributed by atoms with Crippen LogP contribution in [0.1, 0.15) is 0 Å². The molecule has 0 aliphatic carbocycles. The van der Waals surface area contributed by atoms with Gasteiger partial charge in [0.2, 0.25) is 0 Å². The largest absolute Gasteiger partial charge is 0.309 e. The first-order valence-corrected chi connectivity index (χ1v) is 18.6. The summed E-state index contributed by atoms with van der Waals surface area (Å²) in [4.78, 5) is 9.66. The fourth-order valence-electron chi connectivity index (χ4n) is 7.95. The van der Waals surface area contributed by atoms with Crippen LogP contribution in [0.15, 0.2) is 182 Å². The summed E-state index contributed by atoms with van der Waals surface area (Å²) >= 11 is 1.88. The molecule has 4 aromatic heterocycles. The summed E-state index contributed by atoms with van der Waals surface area (Å²) in [5.41, 5.74) is 12.2. The number of nitrogens with zero attached hydrogens (tertiary/aromatic N) is 4. The second-order valence-corrected chi connectivity index (χ2v) is 14.5. The highest BCUT2D eigenvalue weighted by molar-refractivity contribution is 7.26. The average Bonchev–Trinajstić information content (AvgIpc) is 3.91. The van der Waals surface area contributed by atoms with Crippen molar-refractivity contribution in [3.8, 4) is 45.1 Å². The smallest absolute Gasteiger partial charge is 0.145 e. The summed E-state index contributed by atoms with van der Waals surface area (Å²) in [5.74, 6) is 0.907. The molecule has 4 nitrogen and oxygen atoms in total. The summed E-state index contributed by atoms with van der Waals surface area (Å²) in [6.45, 7) is 0. The van der Waals surface area contributed by atoms with Crippen molar-refractivity contribution < 1.29 is 0 Å². The van der Waals surface area contributed by atoms with Gasteiger partial charge < -0.3 is 4.57 Å². The first kappa shape index (κ1) is 29.9. The molecule has 248 valence electrons. The zero-order valence-electron chi connectivity index (χ0n) is 28.5. The predicted octanol–water partition coefficient (Wildman–Crippen LogP) is 12.9. The normalized spacial score (nSPS) is 11.8. The topological polar surface area (TPSA) is 35.6 Å². The molecule has 11 rings (SSSR count). The molecule has 53 heavy (non-hydrogen) atoms. The number of hydrogen-bond donors (Lipinski definition) is 0. The minimum absolute atomic E-state index is 0.907. The highest BCUT2D eigenvalue weighted by atomic mass is 32.1. The molecule has 4 heterocycles.